The normalized spacial score (nSPS) is 24.7. The van der Waals surface area contributed by atoms with E-state index in [1.165, 1.54) is 12.0 Å². The van der Waals surface area contributed by atoms with Crippen molar-refractivity contribution in [1.82, 2.24) is 5.32 Å². The molecular weight excluding hydrogens is 174 g/mol. The number of ether oxygens (including phenoxy) is 1. The maximum absolute atomic E-state index is 5.70. The largest absolute Gasteiger partial charge is 0.493 e. The molecule has 0 bridgehead atoms. The summed E-state index contributed by atoms with van der Waals surface area (Å²) in [5.41, 5.74) is 1.25. The van der Waals surface area contributed by atoms with Crippen LogP contribution in [0.25, 0.3) is 0 Å². The summed E-state index contributed by atoms with van der Waals surface area (Å²) in [5, 5.41) is 3.26. The summed E-state index contributed by atoms with van der Waals surface area (Å²) in [6.07, 6.45) is 1.25. The monoisotopic (exact) mass is 191 g/mol. The molecule has 0 aliphatic heterocycles. The molecule has 14 heavy (non-hydrogen) atoms. The lowest BCUT2D eigenvalue weighted by Gasteiger charge is -2.05. The quantitative estimate of drug-likeness (QED) is 0.785. The summed E-state index contributed by atoms with van der Waals surface area (Å²) >= 11 is 0. The lowest BCUT2D eigenvalue weighted by Crippen LogP contribution is -2.14. The molecule has 0 saturated heterocycles. The maximum atomic E-state index is 5.70. The van der Waals surface area contributed by atoms with E-state index in [2.05, 4.69) is 24.4 Å². The van der Waals surface area contributed by atoms with Gasteiger partial charge in [-0.1, -0.05) is 12.1 Å². The Bertz CT molecular complexity index is 311. The van der Waals surface area contributed by atoms with Gasteiger partial charge in [-0.05, 0) is 38.1 Å². The van der Waals surface area contributed by atoms with Gasteiger partial charge in [-0.25, -0.2) is 0 Å². The standard InChI is InChI=1S/C12H17NO/c1-9-4-3-5-11(6-9)14-8-10-7-12(10)13-2/h3-6,10,12-13H,7-8H2,1-2H3. The van der Waals surface area contributed by atoms with Crippen LogP contribution in [0, 0.1) is 12.8 Å². The lowest BCUT2D eigenvalue weighted by atomic mass is 10.2. The summed E-state index contributed by atoms with van der Waals surface area (Å²) in [6, 6.07) is 8.90. The van der Waals surface area contributed by atoms with Gasteiger partial charge in [0.1, 0.15) is 5.75 Å². The Labute approximate surface area is 85.3 Å². The number of nitrogens with one attached hydrogen (secondary N) is 1. The second-order valence-electron chi connectivity index (χ2n) is 4.02. The minimum absolute atomic E-state index is 0.680. The Morgan fingerprint density at radius 1 is 1.50 bits per heavy atom. The van der Waals surface area contributed by atoms with Crippen LogP contribution < -0.4 is 10.1 Å². The zero-order valence-electron chi connectivity index (χ0n) is 8.79. The van der Waals surface area contributed by atoms with E-state index < -0.39 is 0 Å². The van der Waals surface area contributed by atoms with Crippen molar-refractivity contribution in [2.24, 2.45) is 5.92 Å². The first-order valence-electron chi connectivity index (χ1n) is 5.16. The van der Waals surface area contributed by atoms with E-state index in [9.17, 15) is 0 Å². The van der Waals surface area contributed by atoms with Crippen LogP contribution in [-0.4, -0.2) is 19.7 Å². The van der Waals surface area contributed by atoms with Crippen LogP contribution in [0.3, 0.4) is 0 Å². The van der Waals surface area contributed by atoms with Gasteiger partial charge in [-0.3, -0.25) is 0 Å². The Kier molecular flexibility index (Phi) is 2.73. The molecule has 1 aliphatic rings. The highest BCUT2D eigenvalue weighted by Gasteiger charge is 2.36. The van der Waals surface area contributed by atoms with Crippen molar-refractivity contribution in [2.75, 3.05) is 13.7 Å². The van der Waals surface area contributed by atoms with Crippen LogP contribution in [0.5, 0.6) is 5.75 Å². The maximum Gasteiger partial charge on any atom is 0.119 e. The first kappa shape index (κ1) is 9.53. The molecule has 76 valence electrons. The van der Waals surface area contributed by atoms with E-state index in [4.69, 9.17) is 4.74 Å². The second kappa shape index (κ2) is 4.01. The third-order valence-electron chi connectivity index (χ3n) is 2.75. The molecule has 1 N–H and O–H groups in total. The zero-order chi connectivity index (χ0) is 9.97. The van der Waals surface area contributed by atoms with Gasteiger partial charge in [0.25, 0.3) is 0 Å². The predicted octanol–water partition coefficient (Wildman–Crippen LogP) is 1.98. The average molecular weight is 191 g/mol. The third kappa shape index (κ3) is 2.26. The first-order chi connectivity index (χ1) is 6.79. The highest BCUT2D eigenvalue weighted by atomic mass is 16.5. The molecule has 2 heteroatoms. The Hall–Kier alpha value is -1.02. The van der Waals surface area contributed by atoms with Crippen molar-refractivity contribution in [2.45, 2.75) is 19.4 Å². The fraction of sp³-hybridized carbons (Fsp3) is 0.500. The molecule has 1 fully saturated rings. The molecule has 0 amide bonds. The van der Waals surface area contributed by atoms with E-state index in [0.717, 1.165) is 12.4 Å². The molecule has 2 rings (SSSR count). The van der Waals surface area contributed by atoms with Gasteiger partial charge in [0.2, 0.25) is 0 Å². The minimum atomic E-state index is 0.680. The molecule has 1 aromatic carbocycles. The number of hydrogen-bond donors (Lipinski definition) is 1. The van der Waals surface area contributed by atoms with Crippen molar-refractivity contribution in [3.63, 3.8) is 0 Å². The Morgan fingerprint density at radius 3 is 3.00 bits per heavy atom. The summed E-state index contributed by atoms with van der Waals surface area (Å²) in [4.78, 5) is 0. The van der Waals surface area contributed by atoms with Gasteiger partial charge in [0, 0.05) is 12.0 Å². The SMILES string of the molecule is CNC1CC1COc1cccc(C)c1. The Balaban J connectivity index is 1.81. The average Bonchev–Trinajstić information content (AvgIpc) is 2.93. The van der Waals surface area contributed by atoms with Crippen LogP contribution in [0.2, 0.25) is 0 Å². The molecular formula is C12H17NO. The van der Waals surface area contributed by atoms with Crippen LogP contribution in [0.1, 0.15) is 12.0 Å². The summed E-state index contributed by atoms with van der Waals surface area (Å²) in [5.74, 6) is 1.70. The fourth-order valence-electron chi connectivity index (χ4n) is 1.69. The topological polar surface area (TPSA) is 21.3 Å². The number of hydrogen-bond acceptors (Lipinski definition) is 2. The van der Waals surface area contributed by atoms with Gasteiger partial charge >= 0.3 is 0 Å². The van der Waals surface area contributed by atoms with E-state index in [1.54, 1.807) is 0 Å². The smallest absolute Gasteiger partial charge is 0.119 e. The summed E-state index contributed by atoms with van der Waals surface area (Å²) in [7, 11) is 2.01. The van der Waals surface area contributed by atoms with Crippen LogP contribution in [0.15, 0.2) is 24.3 Å². The summed E-state index contributed by atoms with van der Waals surface area (Å²) in [6.45, 7) is 2.93. The van der Waals surface area contributed by atoms with E-state index >= 15 is 0 Å². The van der Waals surface area contributed by atoms with Gasteiger partial charge < -0.3 is 10.1 Å². The van der Waals surface area contributed by atoms with Gasteiger partial charge in [-0.15, -0.1) is 0 Å². The number of rotatable bonds is 4. The van der Waals surface area contributed by atoms with E-state index in [-0.39, 0.29) is 0 Å². The highest BCUT2D eigenvalue weighted by Crippen LogP contribution is 2.30. The highest BCUT2D eigenvalue weighted by molar-refractivity contribution is 5.27. The molecule has 0 radical (unpaired) electrons. The second-order valence-corrected chi connectivity index (χ2v) is 4.02. The molecule has 1 aromatic rings. The van der Waals surface area contributed by atoms with Crippen molar-refractivity contribution >= 4 is 0 Å². The molecule has 1 aliphatic carbocycles. The van der Waals surface area contributed by atoms with Crippen molar-refractivity contribution in [1.29, 1.82) is 0 Å². The molecule has 0 heterocycles. The van der Waals surface area contributed by atoms with Crippen LogP contribution in [-0.2, 0) is 0 Å². The van der Waals surface area contributed by atoms with Crippen molar-refractivity contribution < 1.29 is 4.74 Å². The number of aryl methyl sites for hydroxylation is 1. The van der Waals surface area contributed by atoms with Gasteiger partial charge in [0.05, 0.1) is 6.61 Å². The van der Waals surface area contributed by atoms with Gasteiger partial charge in [0.15, 0.2) is 0 Å². The fourth-order valence-corrected chi connectivity index (χ4v) is 1.69. The van der Waals surface area contributed by atoms with Crippen LogP contribution >= 0.6 is 0 Å². The molecule has 2 nitrogen and oxygen atoms in total. The lowest BCUT2D eigenvalue weighted by molar-refractivity contribution is 0.294. The minimum Gasteiger partial charge on any atom is -0.493 e. The van der Waals surface area contributed by atoms with E-state index in [0.29, 0.717) is 12.0 Å². The molecule has 2 atom stereocenters. The predicted molar refractivity (Wildman–Crippen MR) is 57.6 cm³/mol. The van der Waals surface area contributed by atoms with Crippen LogP contribution in [0.4, 0.5) is 0 Å². The van der Waals surface area contributed by atoms with Crippen molar-refractivity contribution in [3.05, 3.63) is 29.8 Å². The van der Waals surface area contributed by atoms with Crippen molar-refractivity contribution in [3.8, 4) is 5.75 Å². The molecule has 1 saturated carbocycles. The molecule has 0 aromatic heterocycles. The first-order valence-corrected chi connectivity index (χ1v) is 5.16. The number of benzene rings is 1. The molecule has 2 unspecified atom stereocenters. The third-order valence-corrected chi connectivity index (χ3v) is 2.75. The van der Waals surface area contributed by atoms with Gasteiger partial charge in [-0.2, -0.15) is 0 Å². The van der Waals surface area contributed by atoms with E-state index in [1.807, 2.05) is 19.2 Å². The molecule has 0 spiro atoms. The Morgan fingerprint density at radius 2 is 2.36 bits per heavy atom. The zero-order valence-corrected chi connectivity index (χ0v) is 8.79. The summed E-state index contributed by atoms with van der Waals surface area (Å²) < 4.78 is 5.70.